The van der Waals surface area contributed by atoms with E-state index in [1.807, 2.05) is 12.1 Å². The fourth-order valence-electron chi connectivity index (χ4n) is 8.75. The third-order valence-electron chi connectivity index (χ3n) is 11.3. The first-order valence-electron chi connectivity index (χ1n) is 16.5. The monoisotopic (exact) mass is 662 g/mol. The van der Waals surface area contributed by atoms with E-state index in [2.05, 4.69) is 30.3 Å². The van der Waals surface area contributed by atoms with Gasteiger partial charge in [0.05, 0.1) is 6.10 Å². The molecule has 1 aromatic rings. The minimum absolute atomic E-state index is 0.0847. The van der Waals surface area contributed by atoms with Crippen LogP contribution >= 0.6 is 0 Å². The Kier molecular flexibility index (Phi) is 10.6. The number of likely N-dealkylation sites (tertiary alicyclic amines) is 1. The second-order valence-electron chi connectivity index (χ2n) is 14.2. The molecule has 3 aliphatic carbocycles. The van der Waals surface area contributed by atoms with Crippen LogP contribution in [0, 0.1) is 23.2 Å². The van der Waals surface area contributed by atoms with Crippen LogP contribution in [0.1, 0.15) is 88.2 Å². The average molecular weight is 663 g/mol. The summed E-state index contributed by atoms with van der Waals surface area (Å²) >= 11 is 0. The maximum Gasteiger partial charge on any atom is 0.453 e. The van der Waals surface area contributed by atoms with Crippen molar-refractivity contribution in [1.29, 1.82) is 0 Å². The molecule has 254 valence electrons. The molecule has 2 N–H and O–H groups in total. The van der Waals surface area contributed by atoms with Crippen molar-refractivity contribution in [3.63, 3.8) is 0 Å². The zero-order valence-electron chi connectivity index (χ0n) is 26.2. The minimum atomic E-state index is -5.59. The number of aliphatic hydroxyl groups excluding tert-OH is 1. The highest BCUT2D eigenvalue weighted by Crippen LogP contribution is 2.62. The fraction of sp³-hybridized carbons (Fsp3) is 0.788. The van der Waals surface area contributed by atoms with E-state index in [1.54, 1.807) is 0 Å². The average Bonchev–Trinajstić information content (AvgIpc) is 3.27. The van der Waals surface area contributed by atoms with Crippen LogP contribution in [0.15, 0.2) is 18.2 Å². The number of aliphatic hydroxyl groups is 1. The van der Waals surface area contributed by atoms with Crippen molar-refractivity contribution in [2.24, 2.45) is 23.2 Å². The number of alkyl halides is 5. The number of amides is 1. The molecule has 6 nitrogen and oxygen atoms in total. The molecular formula is C33H47F5N2O4S. The number of benzene rings is 1. The lowest BCUT2D eigenvalue weighted by Gasteiger charge is -2.53. The molecule has 2 saturated carbocycles. The summed E-state index contributed by atoms with van der Waals surface area (Å²) in [7, 11) is 0.579. The number of halogens is 5. The second kappa shape index (κ2) is 13.7. The van der Waals surface area contributed by atoms with Crippen molar-refractivity contribution in [3.8, 4) is 5.75 Å². The maximum atomic E-state index is 13.3. The van der Waals surface area contributed by atoms with Crippen LogP contribution < -0.4 is 10.1 Å². The van der Waals surface area contributed by atoms with Crippen LogP contribution in [0.4, 0.5) is 26.7 Å². The number of hydrogen-bond acceptors (Lipinski definition) is 5. The molecule has 0 bridgehead atoms. The molecule has 0 radical (unpaired) electrons. The van der Waals surface area contributed by atoms with Gasteiger partial charge in [-0.05, 0) is 137 Å². The molecule has 0 aromatic heterocycles. The van der Waals surface area contributed by atoms with Gasteiger partial charge in [0.15, 0.2) is 0 Å². The van der Waals surface area contributed by atoms with E-state index in [-0.39, 0.29) is 35.0 Å². The molecule has 5 rings (SSSR count). The molecule has 1 unspecified atom stereocenters. The number of carbonyl (C=O) groups excluding carboxylic acids is 1. The first-order valence-corrected chi connectivity index (χ1v) is 17.9. The van der Waals surface area contributed by atoms with Gasteiger partial charge < -0.3 is 20.1 Å². The number of hydrogen-bond donors (Lipinski definition) is 2. The normalized spacial score (nSPS) is 31.5. The third-order valence-corrected chi connectivity index (χ3v) is 12.8. The van der Waals surface area contributed by atoms with E-state index in [1.165, 1.54) is 5.56 Å². The van der Waals surface area contributed by atoms with Crippen molar-refractivity contribution >= 4 is 16.9 Å². The van der Waals surface area contributed by atoms with E-state index >= 15 is 0 Å². The van der Waals surface area contributed by atoms with E-state index in [0.29, 0.717) is 29.9 Å². The zero-order chi connectivity index (χ0) is 32.6. The van der Waals surface area contributed by atoms with Gasteiger partial charge in [-0.15, -0.1) is 0 Å². The highest BCUT2D eigenvalue weighted by atomic mass is 32.2. The van der Waals surface area contributed by atoms with Gasteiger partial charge in [-0.3, -0.25) is 4.21 Å². The topological polar surface area (TPSA) is 78.9 Å². The standard InChI is InChI=1S/C33H47F5N2O4S/c1-31-14-10-26-25-7-6-24(44-30(42)39-23-11-15-40(2)16-12-23)20-22(25)19-21(29(26)27(31)8-9-28(31)41)5-3-17-45(43)18-4-13-32(34,35)33(36,37)38/h6-7,20-21,23,26-29,41H,3-5,8-19H2,1-2H3,(H,39,42)/t21-,26-,27+,28+,29-,31+,45?/m1/s1. The number of rotatable bonds is 10. The van der Waals surface area contributed by atoms with Crippen LogP contribution in [-0.4, -0.2) is 76.2 Å². The Balaban J connectivity index is 1.24. The highest BCUT2D eigenvalue weighted by Gasteiger charge is 2.57. The summed E-state index contributed by atoms with van der Waals surface area (Å²) in [6.45, 7) is 4.04. The Morgan fingerprint density at radius 1 is 1.09 bits per heavy atom. The molecule has 1 aromatic carbocycles. The van der Waals surface area contributed by atoms with E-state index < -0.39 is 41.8 Å². The van der Waals surface area contributed by atoms with E-state index in [0.717, 1.165) is 70.0 Å². The first-order chi connectivity index (χ1) is 21.2. The smallest absolute Gasteiger partial charge is 0.410 e. The number of fused-ring (bicyclic) bond motifs is 5. The summed E-state index contributed by atoms with van der Waals surface area (Å²) in [6, 6.07) is 6.00. The summed E-state index contributed by atoms with van der Waals surface area (Å²) in [4.78, 5) is 14.9. The van der Waals surface area contributed by atoms with Crippen molar-refractivity contribution in [2.45, 2.75) is 108 Å². The van der Waals surface area contributed by atoms with Gasteiger partial charge in [0.1, 0.15) is 5.75 Å². The van der Waals surface area contributed by atoms with Crippen LogP contribution in [0.2, 0.25) is 0 Å². The van der Waals surface area contributed by atoms with Gasteiger partial charge >= 0.3 is 18.2 Å². The first kappa shape index (κ1) is 34.5. The van der Waals surface area contributed by atoms with Crippen molar-refractivity contribution in [2.75, 3.05) is 31.6 Å². The summed E-state index contributed by atoms with van der Waals surface area (Å²) in [5.41, 5.74) is 2.24. The Hall–Kier alpha value is -1.79. The second-order valence-corrected chi connectivity index (χ2v) is 15.9. The minimum Gasteiger partial charge on any atom is -0.410 e. The Bertz CT molecular complexity index is 1220. The molecule has 7 atom stereocenters. The molecule has 45 heavy (non-hydrogen) atoms. The largest absolute Gasteiger partial charge is 0.453 e. The summed E-state index contributed by atoms with van der Waals surface area (Å²) < 4.78 is 82.2. The lowest BCUT2D eigenvalue weighted by Crippen LogP contribution is -2.47. The van der Waals surface area contributed by atoms with E-state index in [9.17, 15) is 36.1 Å². The number of nitrogens with one attached hydrogen (secondary N) is 1. The quantitative estimate of drug-likeness (QED) is 0.269. The number of nitrogens with zero attached hydrogens (tertiary/aromatic N) is 1. The van der Waals surface area contributed by atoms with E-state index in [4.69, 9.17) is 4.74 Å². The Morgan fingerprint density at radius 2 is 1.80 bits per heavy atom. The molecule has 1 heterocycles. The lowest BCUT2D eigenvalue weighted by atomic mass is 9.52. The molecule has 1 amide bonds. The van der Waals surface area contributed by atoms with Crippen LogP contribution in [0.5, 0.6) is 5.75 Å². The Morgan fingerprint density at radius 3 is 2.51 bits per heavy atom. The summed E-state index contributed by atoms with van der Waals surface area (Å²) in [5.74, 6) is -3.02. The molecule has 4 aliphatic rings. The van der Waals surface area contributed by atoms with Gasteiger partial charge in [-0.25, -0.2) is 4.79 Å². The molecule has 1 aliphatic heterocycles. The van der Waals surface area contributed by atoms with Crippen LogP contribution in [0.25, 0.3) is 0 Å². The predicted octanol–water partition coefficient (Wildman–Crippen LogP) is 6.82. The van der Waals surface area contributed by atoms with Crippen LogP contribution in [-0.2, 0) is 17.2 Å². The van der Waals surface area contributed by atoms with Gasteiger partial charge in [-0.1, -0.05) is 13.0 Å². The SMILES string of the molecule is CN1CCC(NC(=O)Oc2ccc3c(c2)C[C@@H](CCCS(=O)CCCC(F)(F)C(F)(F)F)[C@@H]2[C@@H]3CC[C@]3(C)[C@@H](O)CC[C@@H]23)CC1. The lowest BCUT2D eigenvalue weighted by molar-refractivity contribution is -0.284. The molecule has 12 heteroatoms. The zero-order valence-corrected chi connectivity index (χ0v) is 27.0. The van der Waals surface area contributed by atoms with Crippen molar-refractivity contribution in [3.05, 3.63) is 29.3 Å². The molecular weight excluding hydrogens is 615 g/mol. The summed E-state index contributed by atoms with van der Waals surface area (Å²) in [5, 5.41) is 13.9. The van der Waals surface area contributed by atoms with Gasteiger partial charge in [0.25, 0.3) is 0 Å². The van der Waals surface area contributed by atoms with Gasteiger partial charge in [-0.2, -0.15) is 22.0 Å². The van der Waals surface area contributed by atoms with Crippen molar-refractivity contribution < 1.29 is 40.8 Å². The number of piperidine rings is 1. The predicted molar refractivity (Wildman–Crippen MR) is 163 cm³/mol. The molecule has 1 saturated heterocycles. The fourth-order valence-corrected chi connectivity index (χ4v) is 9.91. The third kappa shape index (κ3) is 7.69. The van der Waals surface area contributed by atoms with Gasteiger partial charge in [0.2, 0.25) is 0 Å². The Labute approximate surface area is 265 Å². The molecule has 0 spiro atoms. The molecule has 3 fully saturated rings. The van der Waals surface area contributed by atoms with Gasteiger partial charge in [0, 0.05) is 34.8 Å². The number of ether oxygens (including phenoxy) is 1. The summed E-state index contributed by atoms with van der Waals surface area (Å²) in [6.07, 6.45) is -0.791. The van der Waals surface area contributed by atoms with Crippen molar-refractivity contribution in [1.82, 2.24) is 10.2 Å². The maximum absolute atomic E-state index is 13.3. The number of carbonyl (C=O) groups is 1. The highest BCUT2D eigenvalue weighted by molar-refractivity contribution is 7.84. The van der Waals surface area contributed by atoms with Crippen LogP contribution in [0.3, 0.4) is 0 Å².